The summed E-state index contributed by atoms with van der Waals surface area (Å²) in [6.45, 7) is 3.39. The van der Waals surface area contributed by atoms with Crippen molar-refractivity contribution < 1.29 is 0 Å². The van der Waals surface area contributed by atoms with E-state index in [1.165, 1.54) is 24.4 Å². The highest BCUT2D eigenvalue weighted by Gasteiger charge is 2.20. The van der Waals surface area contributed by atoms with Crippen molar-refractivity contribution in [3.05, 3.63) is 11.6 Å². The second-order valence-corrected chi connectivity index (χ2v) is 4.21. The molecule has 2 atom stereocenters. The summed E-state index contributed by atoms with van der Waals surface area (Å²) >= 11 is 1.50. The Morgan fingerprint density at radius 2 is 2.62 bits per heavy atom. The summed E-state index contributed by atoms with van der Waals surface area (Å²) in [6, 6.07) is 1.12. The van der Waals surface area contributed by atoms with Crippen LogP contribution in [-0.2, 0) is 0 Å². The van der Waals surface area contributed by atoms with E-state index in [-0.39, 0.29) is 0 Å². The lowest BCUT2D eigenvalue weighted by molar-refractivity contribution is 0.389. The van der Waals surface area contributed by atoms with Gasteiger partial charge in [0.25, 0.3) is 0 Å². The maximum atomic E-state index is 4.07. The van der Waals surface area contributed by atoms with Gasteiger partial charge in [-0.1, -0.05) is 0 Å². The number of hydrogen-bond donors (Lipinski definition) is 2. The average molecular weight is 197 g/mol. The van der Waals surface area contributed by atoms with Gasteiger partial charge in [0.1, 0.15) is 0 Å². The van der Waals surface area contributed by atoms with Crippen LogP contribution in [0.5, 0.6) is 0 Å². The Labute approximate surface area is 82.7 Å². The Hall–Kier alpha value is -0.610. The number of rotatable bonds is 2. The molecule has 2 heterocycles. The first kappa shape index (κ1) is 8.97. The first-order valence-corrected chi connectivity index (χ1v) is 5.59. The quantitative estimate of drug-likeness (QED) is 0.757. The number of nitrogens with zero attached hydrogens (tertiary/aromatic N) is 1. The molecule has 13 heavy (non-hydrogen) atoms. The first-order valence-electron chi connectivity index (χ1n) is 4.75. The van der Waals surface area contributed by atoms with Crippen molar-refractivity contribution in [2.75, 3.05) is 11.9 Å². The molecule has 1 aliphatic heterocycles. The first-order chi connectivity index (χ1) is 6.36. The number of anilines is 1. The number of piperidine rings is 1. The number of aromatic nitrogens is 1. The molecule has 2 N–H and O–H groups in total. The highest BCUT2D eigenvalue weighted by Crippen LogP contribution is 2.16. The lowest BCUT2D eigenvalue weighted by Gasteiger charge is -2.30. The Bertz CT molecular complexity index is 247. The minimum Gasteiger partial charge on any atom is -0.379 e. The molecule has 1 aliphatic rings. The zero-order chi connectivity index (χ0) is 9.10. The summed E-state index contributed by atoms with van der Waals surface area (Å²) in [7, 11) is 0. The van der Waals surface area contributed by atoms with Crippen molar-refractivity contribution in [1.29, 1.82) is 0 Å². The molecule has 0 bridgehead atoms. The highest BCUT2D eigenvalue weighted by atomic mass is 32.1. The summed E-state index contributed by atoms with van der Waals surface area (Å²) in [5.41, 5.74) is 1.16. The zero-order valence-corrected chi connectivity index (χ0v) is 8.60. The maximum absolute atomic E-state index is 4.07. The molecule has 1 aromatic rings. The lowest BCUT2D eigenvalue weighted by atomic mass is 10.00. The van der Waals surface area contributed by atoms with Crippen LogP contribution in [0.15, 0.2) is 11.6 Å². The van der Waals surface area contributed by atoms with Gasteiger partial charge < -0.3 is 10.6 Å². The van der Waals surface area contributed by atoms with Crippen LogP contribution >= 0.6 is 11.5 Å². The topological polar surface area (TPSA) is 37.0 Å². The van der Waals surface area contributed by atoms with Gasteiger partial charge in [-0.25, -0.2) is 0 Å². The van der Waals surface area contributed by atoms with Crippen LogP contribution in [0.1, 0.15) is 19.8 Å². The normalized spacial score (nSPS) is 28.7. The minimum atomic E-state index is 0.560. The Balaban J connectivity index is 1.93. The highest BCUT2D eigenvalue weighted by molar-refractivity contribution is 7.04. The van der Waals surface area contributed by atoms with Crippen LogP contribution in [-0.4, -0.2) is 23.0 Å². The van der Waals surface area contributed by atoms with Crippen LogP contribution in [0.25, 0.3) is 0 Å². The van der Waals surface area contributed by atoms with Crippen LogP contribution in [0.3, 0.4) is 0 Å². The van der Waals surface area contributed by atoms with Gasteiger partial charge in [-0.05, 0) is 37.8 Å². The van der Waals surface area contributed by atoms with Gasteiger partial charge in [0.15, 0.2) is 0 Å². The molecule has 2 rings (SSSR count). The fourth-order valence-electron chi connectivity index (χ4n) is 1.73. The number of hydrogen-bond acceptors (Lipinski definition) is 4. The molecule has 2 unspecified atom stereocenters. The maximum Gasteiger partial charge on any atom is 0.0655 e. The van der Waals surface area contributed by atoms with E-state index < -0.39 is 0 Å². The van der Waals surface area contributed by atoms with Crippen LogP contribution in [0.2, 0.25) is 0 Å². The fourth-order valence-corrected chi connectivity index (χ4v) is 2.21. The van der Waals surface area contributed by atoms with E-state index in [4.69, 9.17) is 0 Å². The molecular weight excluding hydrogens is 182 g/mol. The molecule has 3 nitrogen and oxygen atoms in total. The van der Waals surface area contributed by atoms with Gasteiger partial charge >= 0.3 is 0 Å². The lowest BCUT2D eigenvalue weighted by Crippen LogP contribution is -2.46. The molecular formula is C9H15N3S. The molecule has 1 saturated heterocycles. The smallest absolute Gasteiger partial charge is 0.0655 e. The largest absolute Gasteiger partial charge is 0.379 e. The van der Waals surface area contributed by atoms with E-state index in [0.29, 0.717) is 12.1 Å². The van der Waals surface area contributed by atoms with Gasteiger partial charge in [0.2, 0.25) is 0 Å². The van der Waals surface area contributed by atoms with E-state index in [0.717, 1.165) is 12.2 Å². The summed E-state index contributed by atoms with van der Waals surface area (Å²) < 4.78 is 4.07. The standard InChI is InChI=1S/C9H15N3S/c1-7-9(3-2-4-10-7)12-8-5-11-13-6-8/h5-7,9-10,12H,2-4H2,1H3. The molecule has 0 radical (unpaired) electrons. The van der Waals surface area contributed by atoms with E-state index in [2.05, 4.69) is 27.3 Å². The van der Waals surface area contributed by atoms with Crippen molar-refractivity contribution >= 4 is 17.2 Å². The molecule has 0 aromatic carbocycles. The van der Waals surface area contributed by atoms with Crippen molar-refractivity contribution in [2.45, 2.75) is 31.8 Å². The predicted octanol–water partition coefficient (Wildman–Crippen LogP) is 1.70. The molecule has 1 aromatic heterocycles. The summed E-state index contributed by atoms with van der Waals surface area (Å²) in [5.74, 6) is 0. The molecule has 0 spiro atoms. The second-order valence-electron chi connectivity index (χ2n) is 3.55. The van der Waals surface area contributed by atoms with E-state index in [1.54, 1.807) is 0 Å². The zero-order valence-electron chi connectivity index (χ0n) is 7.79. The Kier molecular flexibility index (Phi) is 2.80. The van der Waals surface area contributed by atoms with Gasteiger partial charge in [-0.15, -0.1) is 0 Å². The van der Waals surface area contributed by atoms with E-state index in [1.807, 2.05) is 6.20 Å². The third-order valence-electron chi connectivity index (χ3n) is 2.55. The molecule has 0 aliphatic carbocycles. The average Bonchev–Trinajstić information content (AvgIpc) is 2.61. The number of nitrogens with one attached hydrogen (secondary N) is 2. The van der Waals surface area contributed by atoms with Crippen molar-refractivity contribution in [3.63, 3.8) is 0 Å². The van der Waals surface area contributed by atoms with Crippen LogP contribution in [0, 0.1) is 0 Å². The SMILES string of the molecule is CC1NCCCC1Nc1cnsc1. The van der Waals surface area contributed by atoms with Gasteiger partial charge in [0, 0.05) is 17.5 Å². The Morgan fingerprint density at radius 3 is 3.31 bits per heavy atom. The summed E-state index contributed by atoms with van der Waals surface area (Å²) in [6.07, 6.45) is 4.41. The monoisotopic (exact) mass is 197 g/mol. The van der Waals surface area contributed by atoms with Gasteiger partial charge in [-0.2, -0.15) is 4.37 Å². The molecule has 4 heteroatoms. The van der Waals surface area contributed by atoms with Crippen molar-refractivity contribution in [2.24, 2.45) is 0 Å². The van der Waals surface area contributed by atoms with Crippen LogP contribution in [0.4, 0.5) is 5.69 Å². The van der Waals surface area contributed by atoms with E-state index in [9.17, 15) is 0 Å². The molecule has 1 fully saturated rings. The van der Waals surface area contributed by atoms with Crippen LogP contribution < -0.4 is 10.6 Å². The molecule has 72 valence electrons. The van der Waals surface area contributed by atoms with Crippen molar-refractivity contribution in [3.8, 4) is 0 Å². The third kappa shape index (κ3) is 2.19. The summed E-state index contributed by atoms with van der Waals surface area (Å²) in [4.78, 5) is 0. The Morgan fingerprint density at radius 1 is 1.69 bits per heavy atom. The van der Waals surface area contributed by atoms with Gasteiger partial charge in [-0.3, -0.25) is 0 Å². The minimum absolute atomic E-state index is 0.560. The predicted molar refractivity (Wildman–Crippen MR) is 56.2 cm³/mol. The molecule has 0 amide bonds. The molecule has 0 saturated carbocycles. The van der Waals surface area contributed by atoms with E-state index >= 15 is 0 Å². The third-order valence-corrected chi connectivity index (χ3v) is 3.13. The van der Waals surface area contributed by atoms with Gasteiger partial charge in [0.05, 0.1) is 11.9 Å². The van der Waals surface area contributed by atoms with Crippen molar-refractivity contribution in [1.82, 2.24) is 9.69 Å². The fraction of sp³-hybridized carbons (Fsp3) is 0.667. The summed E-state index contributed by atoms with van der Waals surface area (Å²) in [5, 5.41) is 9.02. The second kappa shape index (κ2) is 4.07.